The molecule has 0 aromatic heterocycles. The van der Waals surface area contributed by atoms with Crippen molar-refractivity contribution in [1.29, 1.82) is 0 Å². The Balaban J connectivity index is 1.55. The van der Waals surface area contributed by atoms with Gasteiger partial charge in [0.1, 0.15) is 6.04 Å². The number of anilines is 1. The summed E-state index contributed by atoms with van der Waals surface area (Å²) < 4.78 is 10.6. The Kier molecular flexibility index (Phi) is 8.73. The van der Waals surface area contributed by atoms with Crippen LogP contribution >= 0.6 is 0 Å². The van der Waals surface area contributed by atoms with Gasteiger partial charge in [-0.25, -0.2) is 4.79 Å². The number of benzene rings is 2. The van der Waals surface area contributed by atoms with E-state index >= 15 is 0 Å². The van der Waals surface area contributed by atoms with E-state index in [4.69, 9.17) is 9.47 Å². The number of nitrogens with zero attached hydrogens (tertiary/aromatic N) is 1. The number of piperidine rings is 1. The first-order chi connectivity index (χ1) is 16.4. The molecular weight excluding hydrogens is 436 g/mol. The van der Waals surface area contributed by atoms with E-state index in [1.807, 2.05) is 36.4 Å². The third-order valence-corrected chi connectivity index (χ3v) is 5.74. The second-order valence-electron chi connectivity index (χ2n) is 8.21. The number of likely N-dealkylation sites (tertiary alicyclic amines) is 1. The Morgan fingerprint density at radius 3 is 2.29 bits per heavy atom. The molecule has 34 heavy (non-hydrogen) atoms. The van der Waals surface area contributed by atoms with Crippen molar-refractivity contribution >= 4 is 23.5 Å². The van der Waals surface area contributed by atoms with Crippen LogP contribution in [-0.2, 0) is 16.0 Å². The van der Waals surface area contributed by atoms with Gasteiger partial charge < -0.3 is 30.3 Å². The van der Waals surface area contributed by atoms with Gasteiger partial charge in [0, 0.05) is 38.2 Å². The number of ether oxygens (including phenoxy) is 2. The van der Waals surface area contributed by atoms with Crippen molar-refractivity contribution in [3.8, 4) is 11.5 Å². The van der Waals surface area contributed by atoms with Crippen molar-refractivity contribution in [2.24, 2.45) is 0 Å². The minimum Gasteiger partial charge on any atom is -0.493 e. The zero-order valence-corrected chi connectivity index (χ0v) is 19.8. The van der Waals surface area contributed by atoms with E-state index in [2.05, 4.69) is 16.0 Å². The van der Waals surface area contributed by atoms with Gasteiger partial charge in [0.25, 0.3) is 0 Å². The summed E-state index contributed by atoms with van der Waals surface area (Å²) in [6.45, 7) is 2.45. The largest absolute Gasteiger partial charge is 0.493 e. The van der Waals surface area contributed by atoms with Crippen LogP contribution in [-0.4, -0.2) is 62.1 Å². The summed E-state index contributed by atoms with van der Waals surface area (Å²) in [4.78, 5) is 39.0. The molecule has 0 radical (unpaired) electrons. The standard InChI is InChI=1S/C25H32N4O5/c1-17(30)26-21(15-18-9-10-22(33-2)23(16-18)34-3)24(31)27-20-11-13-29(14-12-20)25(32)28-19-7-5-4-6-8-19/h4-10,16,20-21H,11-15H2,1-3H3,(H,26,30)(H,27,31)(H,28,32)/t21-/m0/s1. The van der Waals surface area contributed by atoms with Crippen LogP contribution in [0.1, 0.15) is 25.3 Å². The second kappa shape index (κ2) is 11.9. The van der Waals surface area contributed by atoms with Gasteiger partial charge in [-0.15, -0.1) is 0 Å². The van der Waals surface area contributed by atoms with E-state index in [1.165, 1.54) is 6.92 Å². The average molecular weight is 469 g/mol. The SMILES string of the molecule is COc1ccc(C[C@H](NC(C)=O)C(=O)NC2CCN(C(=O)Nc3ccccc3)CC2)cc1OC. The van der Waals surface area contributed by atoms with Crippen LogP contribution < -0.4 is 25.4 Å². The summed E-state index contributed by atoms with van der Waals surface area (Å²) in [5.74, 6) is 0.614. The van der Waals surface area contributed by atoms with Crippen LogP contribution in [0.15, 0.2) is 48.5 Å². The molecule has 1 aliphatic rings. The maximum absolute atomic E-state index is 13.0. The minimum atomic E-state index is -0.727. The zero-order chi connectivity index (χ0) is 24.5. The van der Waals surface area contributed by atoms with E-state index in [0.29, 0.717) is 43.9 Å². The third kappa shape index (κ3) is 6.87. The summed E-state index contributed by atoms with van der Waals surface area (Å²) in [6, 6.07) is 13.8. The predicted octanol–water partition coefficient (Wildman–Crippen LogP) is 2.56. The number of methoxy groups -OCH3 is 2. The van der Waals surface area contributed by atoms with Crippen molar-refractivity contribution in [3.63, 3.8) is 0 Å². The smallest absolute Gasteiger partial charge is 0.321 e. The van der Waals surface area contributed by atoms with E-state index in [9.17, 15) is 14.4 Å². The van der Waals surface area contributed by atoms with E-state index in [0.717, 1.165) is 11.3 Å². The van der Waals surface area contributed by atoms with Gasteiger partial charge in [-0.1, -0.05) is 24.3 Å². The third-order valence-electron chi connectivity index (χ3n) is 5.74. The van der Waals surface area contributed by atoms with Crippen molar-refractivity contribution in [2.45, 2.75) is 38.3 Å². The molecule has 3 N–H and O–H groups in total. The maximum atomic E-state index is 13.0. The Labute approximate surface area is 199 Å². The summed E-state index contributed by atoms with van der Waals surface area (Å²) >= 11 is 0. The molecule has 182 valence electrons. The molecule has 0 saturated carbocycles. The number of amides is 4. The van der Waals surface area contributed by atoms with Crippen LogP contribution in [0.25, 0.3) is 0 Å². The van der Waals surface area contributed by atoms with Gasteiger partial charge in [-0.2, -0.15) is 0 Å². The van der Waals surface area contributed by atoms with Crippen molar-refractivity contribution in [2.75, 3.05) is 32.6 Å². The molecule has 0 aliphatic carbocycles. The fraction of sp³-hybridized carbons (Fsp3) is 0.400. The fourth-order valence-electron chi connectivity index (χ4n) is 3.95. The molecule has 1 heterocycles. The minimum absolute atomic E-state index is 0.0741. The molecular formula is C25H32N4O5. The molecule has 0 bridgehead atoms. The van der Waals surface area contributed by atoms with Crippen LogP contribution in [0, 0.1) is 0 Å². The number of hydrogen-bond acceptors (Lipinski definition) is 5. The highest BCUT2D eigenvalue weighted by molar-refractivity contribution is 5.89. The molecule has 2 aromatic rings. The molecule has 1 atom stereocenters. The average Bonchev–Trinajstić information content (AvgIpc) is 2.84. The quantitative estimate of drug-likeness (QED) is 0.552. The van der Waals surface area contributed by atoms with Crippen molar-refractivity contribution in [3.05, 3.63) is 54.1 Å². The topological polar surface area (TPSA) is 109 Å². The molecule has 1 aliphatic heterocycles. The normalized spacial score (nSPS) is 14.6. The van der Waals surface area contributed by atoms with Crippen LogP contribution in [0.5, 0.6) is 11.5 Å². The monoisotopic (exact) mass is 468 g/mol. The molecule has 0 spiro atoms. The Morgan fingerprint density at radius 1 is 1.00 bits per heavy atom. The van der Waals surface area contributed by atoms with Crippen LogP contribution in [0.3, 0.4) is 0 Å². The Hall–Kier alpha value is -3.75. The lowest BCUT2D eigenvalue weighted by Crippen LogP contribution is -2.53. The number of carbonyl (C=O) groups is 3. The lowest BCUT2D eigenvalue weighted by atomic mass is 10.0. The Bertz CT molecular complexity index is 990. The first-order valence-electron chi connectivity index (χ1n) is 11.3. The molecule has 0 unspecified atom stereocenters. The number of nitrogens with one attached hydrogen (secondary N) is 3. The molecule has 1 saturated heterocycles. The van der Waals surface area contributed by atoms with Crippen molar-refractivity contribution in [1.82, 2.24) is 15.5 Å². The second-order valence-corrected chi connectivity index (χ2v) is 8.21. The van der Waals surface area contributed by atoms with Gasteiger partial charge in [0.15, 0.2) is 11.5 Å². The number of urea groups is 1. The summed E-state index contributed by atoms with van der Waals surface area (Å²) in [5, 5.41) is 8.66. The zero-order valence-electron chi connectivity index (χ0n) is 19.8. The number of rotatable bonds is 8. The van der Waals surface area contributed by atoms with Crippen LogP contribution in [0.2, 0.25) is 0 Å². The fourth-order valence-corrected chi connectivity index (χ4v) is 3.95. The van der Waals surface area contributed by atoms with Crippen molar-refractivity contribution < 1.29 is 23.9 Å². The lowest BCUT2D eigenvalue weighted by molar-refractivity contribution is -0.128. The van der Waals surface area contributed by atoms with Gasteiger partial charge in [-0.05, 0) is 42.7 Å². The molecule has 9 nitrogen and oxygen atoms in total. The number of para-hydroxylation sites is 1. The molecule has 2 aromatic carbocycles. The van der Waals surface area contributed by atoms with E-state index in [1.54, 1.807) is 31.3 Å². The Morgan fingerprint density at radius 2 is 1.68 bits per heavy atom. The van der Waals surface area contributed by atoms with E-state index in [-0.39, 0.29) is 23.9 Å². The molecule has 3 rings (SSSR count). The number of hydrogen-bond donors (Lipinski definition) is 3. The summed E-state index contributed by atoms with van der Waals surface area (Å²) in [7, 11) is 3.10. The highest BCUT2D eigenvalue weighted by Crippen LogP contribution is 2.28. The van der Waals surface area contributed by atoms with Gasteiger partial charge in [0.05, 0.1) is 14.2 Å². The van der Waals surface area contributed by atoms with Gasteiger partial charge in [0.2, 0.25) is 11.8 Å². The first-order valence-corrected chi connectivity index (χ1v) is 11.3. The summed E-state index contributed by atoms with van der Waals surface area (Å²) in [5.41, 5.74) is 1.58. The maximum Gasteiger partial charge on any atom is 0.321 e. The van der Waals surface area contributed by atoms with Crippen LogP contribution in [0.4, 0.5) is 10.5 Å². The van der Waals surface area contributed by atoms with Gasteiger partial charge in [-0.3, -0.25) is 9.59 Å². The van der Waals surface area contributed by atoms with Gasteiger partial charge >= 0.3 is 6.03 Å². The highest BCUT2D eigenvalue weighted by Gasteiger charge is 2.27. The lowest BCUT2D eigenvalue weighted by Gasteiger charge is -2.33. The first kappa shape index (κ1) is 24.9. The molecule has 9 heteroatoms. The predicted molar refractivity (Wildman–Crippen MR) is 129 cm³/mol. The summed E-state index contributed by atoms with van der Waals surface area (Å²) in [6.07, 6.45) is 1.58. The highest BCUT2D eigenvalue weighted by atomic mass is 16.5. The number of carbonyl (C=O) groups excluding carboxylic acids is 3. The van der Waals surface area contributed by atoms with E-state index < -0.39 is 6.04 Å². The molecule has 1 fully saturated rings. The molecule has 4 amide bonds.